The average Bonchev–Trinajstić information content (AvgIpc) is 3.37. The number of carbonyl (C=O) groups is 1. The second-order valence-electron chi connectivity index (χ2n) is 14.9. The molecule has 6 nitrogen and oxygen atoms in total. The van der Waals surface area contributed by atoms with Crippen LogP contribution < -0.4 is 10.1 Å². The summed E-state index contributed by atoms with van der Waals surface area (Å²) in [4.78, 5) is 11.0. The number of halogens is 1. The van der Waals surface area contributed by atoms with Crippen molar-refractivity contribution in [2.45, 2.75) is 141 Å². The van der Waals surface area contributed by atoms with Gasteiger partial charge in [0.2, 0.25) is 0 Å². The van der Waals surface area contributed by atoms with E-state index in [0.29, 0.717) is 5.92 Å². The van der Waals surface area contributed by atoms with Crippen LogP contribution in [-0.2, 0) is 14.9 Å². The van der Waals surface area contributed by atoms with Crippen LogP contribution >= 0.6 is 0 Å². The minimum atomic E-state index is -1.23. The number of carbonyl (C=O) groups excluding carboxylic acids is 1. The molecule has 2 aromatic carbocycles. The highest BCUT2D eigenvalue weighted by Crippen LogP contribution is 2.47. The predicted octanol–water partition coefficient (Wildman–Crippen LogP) is 9.68. The Bertz CT molecular complexity index is 1330. The van der Waals surface area contributed by atoms with E-state index in [2.05, 4.69) is 43.4 Å². The molecule has 3 saturated carbocycles. The van der Waals surface area contributed by atoms with Crippen molar-refractivity contribution < 1.29 is 28.5 Å². The summed E-state index contributed by atoms with van der Waals surface area (Å²) in [6, 6.07) is 12.1. The number of hydrogen-bond acceptors (Lipinski definition) is 5. The molecule has 45 heavy (non-hydrogen) atoms. The molecule has 0 heterocycles. The van der Waals surface area contributed by atoms with Crippen LogP contribution in [-0.4, -0.2) is 35.7 Å². The highest BCUT2D eigenvalue weighted by atomic mass is 19.1. The smallest absolute Gasteiger partial charge is 0.409 e. The standard InChI is InChI=1S/C30H37FO2.C8H17NO3/c1-30(2,29(32-3)21-11-7-12-21)22-17-18-27(33-23-13-4-5-14-23)25(19-22)24-15-8-16-26(31)28(24)20-9-6-10-20;1-7(2,3)12-6(10)9-8(4,5)11/h8,15-20,23H,4-7,9-14H2,1-3H3;11H,1-5H3,(H,9,10). The zero-order chi connectivity index (χ0) is 33.0. The summed E-state index contributed by atoms with van der Waals surface area (Å²) in [5, 5.41) is 11.4. The monoisotopic (exact) mass is 623 g/mol. The summed E-state index contributed by atoms with van der Waals surface area (Å²) in [6.07, 6.45) is 11.1. The van der Waals surface area contributed by atoms with Crippen molar-refractivity contribution in [3.63, 3.8) is 0 Å². The third kappa shape index (κ3) is 9.02. The molecule has 1 amide bonds. The Morgan fingerprint density at radius 1 is 0.889 bits per heavy atom. The molecule has 0 saturated heterocycles. The molecule has 0 aromatic heterocycles. The topological polar surface area (TPSA) is 77.0 Å². The molecule has 3 aliphatic rings. The van der Waals surface area contributed by atoms with Crippen LogP contribution in [0, 0.1) is 5.82 Å². The van der Waals surface area contributed by atoms with Crippen molar-refractivity contribution in [1.29, 1.82) is 0 Å². The zero-order valence-electron chi connectivity index (χ0n) is 28.6. The van der Waals surface area contributed by atoms with E-state index in [4.69, 9.17) is 14.2 Å². The van der Waals surface area contributed by atoms with E-state index in [-0.39, 0.29) is 17.3 Å². The molecule has 5 rings (SSSR count). The molecule has 248 valence electrons. The van der Waals surface area contributed by atoms with Gasteiger partial charge in [0.25, 0.3) is 0 Å². The van der Waals surface area contributed by atoms with E-state index in [1.54, 1.807) is 33.9 Å². The third-order valence-electron chi connectivity index (χ3n) is 9.01. The second kappa shape index (κ2) is 14.1. The fourth-order valence-corrected chi connectivity index (χ4v) is 6.41. The molecule has 3 fully saturated rings. The summed E-state index contributed by atoms with van der Waals surface area (Å²) in [7, 11) is 1.79. The number of aliphatic hydroxyl groups is 1. The van der Waals surface area contributed by atoms with Crippen LogP contribution in [0.25, 0.3) is 11.1 Å². The Hall–Kier alpha value is -3.06. The van der Waals surface area contributed by atoms with Crippen molar-refractivity contribution in [3.8, 4) is 16.9 Å². The first kappa shape index (κ1) is 34.8. The lowest BCUT2D eigenvalue weighted by molar-refractivity contribution is 0.00773. The lowest BCUT2D eigenvalue weighted by atomic mass is 9.74. The van der Waals surface area contributed by atoms with Crippen LogP contribution in [0.15, 0.2) is 47.7 Å². The fourth-order valence-electron chi connectivity index (χ4n) is 6.41. The number of amides is 1. The maximum Gasteiger partial charge on any atom is 0.409 e. The van der Waals surface area contributed by atoms with Crippen LogP contribution in [0.2, 0.25) is 0 Å². The number of alkyl carbamates (subject to hydrolysis) is 1. The molecule has 0 aliphatic heterocycles. The Kier molecular flexibility index (Phi) is 10.9. The molecule has 7 heteroatoms. The molecular formula is C38H54FNO5. The lowest BCUT2D eigenvalue weighted by Crippen LogP contribution is -2.45. The van der Waals surface area contributed by atoms with Gasteiger partial charge >= 0.3 is 6.09 Å². The number of allylic oxidation sites excluding steroid dienone is 2. The van der Waals surface area contributed by atoms with Gasteiger partial charge < -0.3 is 19.3 Å². The summed E-state index contributed by atoms with van der Waals surface area (Å²) in [5.74, 6) is 2.21. The average molecular weight is 624 g/mol. The summed E-state index contributed by atoms with van der Waals surface area (Å²) in [5.41, 5.74) is 3.50. The first-order chi connectivity index (χ1) is 21.1. The lowest BCUT2D eigenvalue weighted by Gasteiger charge is -2.34. The van der Waals surface area contributed by atoms with Gasteiger partial charge in [-0.25, -0.2) is 9.18 Å². The maximum atomic E-state index is 15.2. The SMILES string of the molecule is CC(C)(O)NC(=O)OC(C)(C)C.COC(=C1CCC1)C(C)(C)c1ccc(OC2CCCC2)c(-c2cccc(F)c2C2CCC2)c1. The largest absolute Gasteiger partial charge is 0.500 e. The Balaban J connectivity index is 0.000000328. The second-order valence-corrected chi connectivity index (χ2v) is 14.9. The summed E-state index contributed by atoms with van der Waals surface area (Å²) >= 11 is 0. The van der Waals surface area contributed by atoms with Gasteiger partial charge in [-0.1, -0.05) is 24.6 Å². The first-order valence-corrected chi connectivity index (χ1v) is 16.7. The Morgan fingerprint density at radius 3 is 2.07 bits per heavy atom. The minimum Gasteiger partial charge on any atom is -0.500 e. The van der Waals surface area contributed by atoms with Gasteiger partial charge in [-0.15, -0.1) is 0 Å². The number of ether oxygens (including phenoxy) is 3. The van der Waals surface area contributed by atoms with E-state index >= 15 is 4.39 Å². The Labute approximate surface area is 269 Å². The molecule has 0 unspecified atom stereocenters. The van der Waals surface area contributed by atoms with Gasteiger partial charge in [0.1, 0.15) is 28.7 Å². The first-order valence-electron chi connectivity index (χ1n) is 16.7. The quantitative estimate of drug-likeness (QED) is 0.226. The van der Waals surface area contributed by atoms with Crippen LogP contribution in [0.1, 0.15) is 130 Å². The number of nitrogens with one attached hydrogen (secondary N) is 1. The van der Waals surface area contributed by atoms with Gasteiger partial charge in [0.15, 0.2) is 0 Å². The van der Waals surface area contributed by atoms with E-state index in [1.807, 2.05) is 6.07 Å². The molecule has 0 radical (unpaired) electrons. The number of rotatable bonds is 8. The third-order valence-corrected chi connectivity index (χ3v) is 9.01. The number of hydrogen-bond donors (Lipinski definition) is 2. The van der Waals surface area contributed by atoms with Gasteiger partial charge in [0, 0.05) is 11.0 Å². The van der Waals surface area contributed by atoms with Gasteiger partial charge in [0.05, 0.1) is 13.2 Å². The van der Waals surface area contributed by atoms with E-state index in [0.717, 1.165) is 66.7 Å². The normalized spacial score (nSPS) is 17.4. The molecule has 2 N–H and O–H groups in total. The van der Waals surface area contributed by atoms with Gasteiger partial charge in [-0.05, 0) is 153 Å². The van der Waals surface area contributed by atoms with Gasteiger partial charge in [-0.3, -0.25) is 5.32 Å². The summed E-state index contributed by atoms with van der Waals surface area (Å²) < 4.78 is 32.6. The van der Waals surface area contributed by atoms with Crippen LogP contribution in [0.5, 0.6) is 5.75 Å². The number of benzene rings is 2. The van der Waals surface area contributed by atoms with Crippen molar-refractivity contribution in [2.75, 3.05) is 7.11 Å². The highest BCUT2D eigenvalue weighted by molar-refractivity contribution is 5.75. The van der Waals surface area contributed by atoms with E-state index in [9.17, 15) is 9.90 Å². The summed E-state index contributed by atoms with van der Waals surface area (Å²) in [6.45, 7) is 12.7. The van der Waals surface area contributed by atoms with Gasteiger partial charge in [-0.2, -0.15) is 0 Å². The molecule has 2 aromatic rings. The minimum absolute atomic E-state index is 0.0807. The zero-order valence-corrected chi connectivity index (χ0v) is 28.6. The predicted molar refractivity (Wildman–Crippen MR) is 178 cm³/mol. The van der Waals surface area contributed by atoms with Crippen molar-refractivity contribution in [3.05, 3.63) is 64.7 Å². The molecule has 0 atom stereocenters. The molecule has 3 aliphatic carbocycles. The maximum absolute atomic E-state index is 15.2. The fraction of sp³-hybridized carbons (Fsp3) is 0.605. The molecule has 0 spiro atoms. The Morgan fingerprint density at radius 2 is 1.56 bits per heavy atom. The highest BCUT2D eigenvalue weighted by Gasteiger charge is 2.34. The van der Waals surface area contributed by atoms with E-state index in [1.165, 1.54) is 50.7 Å². The van der Waals surface area contributed by atoms with Crippen molar-refractivity contribution in [2.24, 2.45) is 0 Å². The van der Waals surface area contributed by atoms with Crippen LogP contribution in [0.4, 0.5) is 9.18 Å². The van der Waals surface area contributed by atoms with Crippen LogP contribution in [0.3, 0.4) is 0 Å². The molecular weight excluding hydrogens is 569 g/mol. The number of methoxy groups -OCH3 is 1. The van der Waals surface area contributed by atoms with E-state index < -0.39 is 17.4 Å². The van der Waals surface area contributed by atoms with Crippen molar-refractivity contribution >= 4 is 6.09 Å². The van der Waals surface area contributed by atoms with Crippen molar-refractivity contribution in [1.82, 2.24) is 5.32 Å². The molecule has 0 bridgehead atoms.